The molecule has 0 bridgehead atoms. The van der Waals surface area contributed by atoms with E-state index < -0.39 is 10.0 Å². The van der Waals surface area contributed by atoms with Crippen LogP contribution in [-0.4, -0.2) is 42.1 Å². The van der Waals surface area contributed by atoms with Gasteiger partial charge >= 0.3 is 0 Å². The Hall–Kier alpha value is -0.920. The van der Waals surface area contributed by atoms with Crippen molar-refractivity contribution in [2.45, 2.75) is 58.1 Å². The van der Waals surface area contributed by atoms with Crippen LogP contribution in [0.4, 0.5) is 0 Å². The first-order valence-corrected chi connectivity index (χ1v) is 9.10. The zero-order valence-electron chi connectivity index (χ0n) is 13.3. The largest absolute Gasteiger partial charge is 0.313 e. The lowest BCUT2D eigenvalue weighted by molar-refractivity contribution is 0.201. The summed E-state index contributed by atoms with van der Waals surface area (Å²) >= 11 is 0. The number of piperidine rings is 1. The van der Waals surface area contributed by atoms with Crippen LogP contribution in [0, 0.1) is 12.8 Å². The Labute approximate surface area is 127 Å². The zero-order valence-corrected chi connectivity index (χ0v) is 14.1. The molecule has 2 heterocycles. The number of nitrogens with zero attached hydrogens (tertiary/aromatic N) is 2. The second-order valence-electron chi connectivity index (χ2n) is 5.89. The molecule has 2 rings (SSSR count). The molecule has 120 valence electrons. The summed E-state index contributed by atoms with van der Waals surface area (Å²) in [6, 6.07) is 0.0211. The van der Waals surface area contributed by atoms with Gasteiger partial charge in [-0.15, -0.1) is 0 Å². The summed E-state index contributed by atoms with van der Waals surface area (Å²) < 4.78 is 27.5. The Balaban J connectivity index is 2.35. The third kappa shape index (κ3) is 3.14. The predicted octanol–water partition coefficient (Wildman–Crippen LogP) is 1.64. The van der Waals surface area contributed by atoms with Crippen molar-refractivity contribution in [2.24, 2.45) is 5.92 Å². The van der Waals surface area contributed by atoms with Gasteiger partial charge in [0, 0.05) is 30.4 Å². The third-order valence-electron chi connectivity index (χ3n) is 4.46. The molecule has 0 radical (unpaired) electrons. The lowest BCUT2D eigenvalue weighted by Gasteiger charge is -2.36. The first-order chi connectivity index (χ1) is 9.89. The van der Waals surface area contributed by atoms with E-state index in [-0.39, 0.29) is 11.1 Å². The highest BCUT2D eigenvalue weighted by Gasteiger charge is 2.37. The van der Waals surface area contributed by atoms with Crippen LogP contribution in [-0.2, 0) is 16.6 Å². The monoisotopic (exact) mass is 314 g/mol. The van der Waals surface area contributed by atoms with Gasteiger partial charge in [-0.25, -0.2) is 8.42 Å². The van der Waals surface area contributed by atoms with Gasteiger partial charge in [0.2, 0.25) is 0 Å². The molecule has 1 aromatic heterocycles. The van der Waals surface area contributed by atoms with E-state index in [1.807, 2.05) is 20.8 Å². The smallest absolute Gasteiger partial charge is 0.262 e. The lowest BCUT2D eigenvalue weighted by atomic mass is 9.94. The Morgan fingerprint density at radius 3 is 2.81 bits per heavy atom. The summed E-state index contributed by atoms with van der Waals surface area (Å²) in [6.07, 6.45) is 1.99. The average Bonchev–Trinajstić information content (AvgIpc) is 2.81. The van der Waals surface area contributed by atoms with Crippen molar-refractivity contribution in [1.82, 2.24) is 19.8 Å². The number of rotatable bonds is 5. The number of aryl methyl sites for hydroxylation is 1. The summed E-state index contributed by atoms with van der Waals surface area (Å²) in [5, 5.41) is 10.3. The van der Waals surface area contributed by atoms with E-state index in [2.05, 4.69) is 22.4 Å². The molecule has 0 aromatic carbocycles. The fourth-order valence-electron chi connectivity index (χ4n) is 2.85. The van der Waals surface area contributed by atoms with Crippen LogP contribution >= 0.6 is 0 Å². The second kappa shape index (κ2) is 6.46. The fourth-order valence-corrected chi connectivity index (χ4v) is 4.78. The van der Waals surface area contributed by atoms with Gasteiger partial charge in [0.25, 0.3) is 10.0 Å². The number of H-pyrrole nitrogens is 1. The van der Waals surface area contributed by atoms with Gasteiger partial charge in [0.1, 0.15) is 0 Å². The van der Waals surface area contributed by atoms with Gasteiger partial charge in [0.05, 0.1) is 0 Å². The molecule has 1 aromatic rings. The van der Waals surface area contributed by atoms with Crippen LogP contribution in [0.25, 0.3) is 0 Å². The summed E-state index contributed by atoms with van der Waals surface area (Å²) in [7, 11) is -3.53. The lowest BCUT2D eigenvalue weighted by Crippen LogP contribution is -2.46. The molecule has 2 N–H and O–H groups in total. The van der Waals surface area contributed by atoms with Crippen molar-refractivity contribution < 1.29 is 8.42 Å². The number of hydrogen-bond acceptors (Lipinski definition) is 4. The summed E-state index contributed by atoms with van der Waals surface area (Å²) in [5.41, 5.74) is 1.56. The summed E-state index contributed by atoms with van der Waals surface area (Å²) in [5.74, 6) is 0.380. The minimum atomic E-state index is -3.53. The van der Waals surface area contributed by atoms with E-state index in [0.29, 0.717) is 19.0 Å². The van der Waals surface area contributed by atoms with E-state index in [9.17, 15) is 8.42 Å². The van der Waals surface area contributed by atoms with Crippen molar-refractivity contribution in [3.05, 3.63) is 11.3 Å². The van der Waals surface area contributed by atoms with Gasteiger partial charge in [-0.05, 0) is 39.2 Å². The second-order valence-corrected chi connectivity index (χ2v) is 7.69. The topological polar surface area (TPSA) is 78.1 Å². The number of aromatic amines is 1. The highest BCUT2D eigenvalue weighted by atomic mass is 32.2. The molecule has 1 aliphatic heterocycles. The van der Waals surface area contributed by atoms with Gasteiger partial charge < -0.3 is 5.32 Å². The van der Waals surface area contributed by atoms with Crippen LogP contribution in [0.2, 0.25) is 0 Å². The van der Waals surface area contributed by atoms with Gasteiger partial charge in [-0.1, -0.05) is 13.8 Å². The van der Waals surface area contributed by atoms with Gasteiger partial charge in [0.15, 0.2) is 5.03 Å². The molecule has 7 heteroatoms. The fraction of sp³-hybridized carbons (Fsp3) is 0.786. The molecule has 1 aliphatic rings. The number of hydrogen-bond donors (Lipinski definition) is 2. The molecular formula is C14H26N4O2S. The van der Waals surface area contributed by atoms with Crippen LogP contribution in [0.5, 0.6) is 0 Å². The minimum Gasteiger partial charge on any atom is -0.313 e. The number of sulfonamides is 1. The first-order valence-electron chi connectivity index (χ1n) is 7.66. The maximum atomic E-state index is 13.0. The zero-order chi connectivity index (χ0) is 15.6. The van der Waals surface area contributed by atoms with Crippen molar-refractivity contribution in [2.75, 3.05) is 13.1 Å². The van der Waals surface area contributed by atoms with Crippen LogP contribution in [0.1, 0.15) is 44.9 Å². The van der Waals surface area contributed by atoms with E-state index in [1.54, 1.807) is 4.31 Å². The molecule has 1 saturated heterocycles. The van der Waals surface area contributed by atoms with Crippen LogP contribution in [0.15, 0.2) is 5.03 Å². The Bertz CT molecular complexity index is 582. The normalized spacial score (nSPS) is 24.4. The average molecular weight is 314 g/mol. The molecule has 2 atom stereocenters. The Morgan fingerprint density at radius 2 is 2.14 bits per heavy atom. The molecular weight excluding hydrogens is 288 g/mol. The number of nitrogens with one attached hydrogen (secondary N) is 2. The molecule has 0 spiro atoms. The molecule has 0 aliphatic carbocycles. The molecule has 2 unspecified atom stereocenters. The Morgan fingerprint density at radius 1 is 1.43 bits per heavy atom. The third-order valence-corrected chi connectivity index (χ3v) is 6.42. The summed E-state index contributed by atoms with van der Waals surface area (Å²) in [6.45, 7) is 9.86. The van der Waals surface area contributed by atoms with E-state index in [4.69, 9.17) is 0 Å². The number of aromatic nitrogens is 2. The SMILES string of the molecule is CCNCc1c(S(=O)(=O)N2CCCC(C)C2C)n[nH]c1C. The highest BCUT2D eigenvalue weighted by Crippen LogP contribution is 2.29. The predicted molar refractivity (Wildman–Crippen MR) is 82.5 cm³/mol. The van der Waals surface area contributed by atoms with Crippen molar-refractivity contribution in [1.29, 1.82) is 0 Å². The maximum Gasteiger partial charge on any atom is 0.262 e. The van der Waals surface area contributed by atoms with Crippen molar-refractivity contribution >= 4 is 10.0 Å². The van der Waals surface area contributed by atoms with Crippen LogP contribution in [0.3, 0.4) is 0 Å². The van der Waals surface area contributed by atoms with E-state index in [0.717, 1.165) is 30.6 Å². The highest BCUT2D eigenvalue weighted by molar-refractivity contribution is 7.89. The first kappa shape index (κ1) is 16.5. The van der Waals surface area contributed by atoms with E-state index >= 15 is 0 Å². The van der Waals surface area contributed by atoms with E-state index in [1.165, 1.54) is 0 Å². The molecule has 21 heavy (non-hydrogen) atoms. The van der Waals surface area contributed by atoms with Crippen LogP contribution < -0.4 is 5.32 Å². The standard InChI is InChI=1S/C14H26N4O2S/c1-5-15-9-13-11(3)16-17-14(13)21(19,20)18-8-6-7-10(2)12(18)4/h10,12,15H,5-9H2,1-4H3,(H,16,17). The molecule has 0 amide bonds. The summed E-state index contributed by atoms with van der Waals surface area (Å²) in [4.78, 5) is 0. The van der Waals surface area contributed by atoms with Crippen molar-refractivity contribution in [3.63, 3.8) is 0 Å². The van der Waals surface area contributed by atoms with Gasteiger partial charge in [-0.2, -0.15) is 9.40 Å². The quantitative estimate of drug-likeness (QED) is 0.866. The molecule has 0 saturated carbocycles. The maximum absolute atomic E-state index is 13.0. The van der Waals surface area contributed by atoms with Gasteiger partial charge in [-0.3, -0.25) is 5.10 Å². The molecule has 6 nitrogen and oxygen atoms in total. The van der Waals surface area contributed by atoms with Crippen molar-refractivity contribution in [3.8, 4) is 0 Å². The molecule has 1 fully saturated rings. The minimum absolute atomic E-state index is 0.0211. The Kier molecular flexibility index (Phi) is 5.06.